The molecule has 1 aromatic rings. The Bertz CT molecular complexity index is 600. The van der Waals surface area contributed by atoms with Crippen LogP contribution in [0.25, 0.3) is 0 Å². The van der Waals surface area contributed by atoms with Crippen molar-refractivity contribution in [2.24, 2.45) is 11.8 Å². The summed E-state index contributed by atoms with van der Waals surface area (Å²) in [6.07, 6.45) is -3.73. The van der Waals surface area contributed by atoms with Crippen molar-refractivity contribution in [3.05, 3.63) is 11.6 Å². The van der Waals surface area contributed by atoms with Crippen LogP contribution in [0.2, 0.25) is 0 Å². The van der Waals surface area contributed by atoms with Gasteiger partial charge in [-0.05, 0) is 25.9 Å². The van der Waals surface area contributed by atoms with Gasteiger partial charge in [0.1, 0.15) is 0 Å². The quantitative estimate of drug-likeness (QED) is 0.777. The first-order valence-electron chi connectivity index (χ1n) is 7.74. The molecule has 0 aliphatic carbocycles. The Morgan fingerprint density at radius 3 is 2.61 bits per heavy atom. The van der Waals surface area contributed by atoms with Crippen molar-refractivity contribution < 1.29 is 18.0 Å². The summed E-state index contributed by atoms with van der Waals surface area (Å²) in [4.78, 5) is 16.5. The lowest BCUT2D eigenvalue weighted by Gasteiger charge is -2.38. The summed E-state index contributed by atoms with van der Waals surface area (Å²) in [6.45, 7) is 4.23. The number of amides is 1. The second-order valence-corrected chi connectivity index (χ2v) is 6.48. The van der Waals surface area contributed by atoms with Gasteiger partial charge in [0.2, 0.25) is 11.7 Å². The minimum Gasteiger partial charge on any atom is -0.333 e. The van der Waals surface area contributed by atoms with Gasteiger partial charge in [0.25, 0.3) is 0 Å². The third-order valence-corrected chi connectivity index (χ3v) is 4.74. The molecule has 2 unspecified atom stereocenters. The van der Waals surface area contributed by atoms with E-state index in [0.717, 1.165) is 24.1 Å². The number of alkyl halides is 3. The van der Waals surface area contributed by atoms with Crippen LogP contribution in [0.15, 0.2) is 0 Å². The number of hydrogen-bond donors (Lipinski definition) is 0. The number of carbonyl (C=O) groups is 1. The molecule has 0 spiro atoms. The average molecular weight is 331 g/mol. The molecule has 3 rings (SSSR count). The van der Waals surface area contributed by atoms with Gasteiger partial charge in [-0.1, -0.05) is 6.92 Å². The molecule has 0 radical (unpaired) electrons. The van der Waals surface area contributed by atoms with Crippen molar-refractivity contribution in [3.8, 4) is 0 Å². The first kappa shape index (κ1) is 16.2. The number of piperidine rings is 1. The summed E-state index contributed by atoms with van der Waals surface area (Å²) in [5.41, 5.74) is 0. The van der Waals surface area contributed by atoms with Crippen LogP contribution in [-0.2, 0) is 24.1 Å². The van der Waals surface area contributed by atoms with E-state index in [1.54, 1.807) is 4.90 Å². The lowest BCUT2D eigenvalue weighted by Crippen LogP contribution is -2.48. The van der Waals surface area contributed by atoms with Gasteiger partial charge < -0.3 is 14.4 Å². The van der Waals surface area contributed by atoms with E-state index in [1.807, 2.05) is 14.0 Å². The maximum Gasteiger partial charge on any atom is 0.451 e. The van der Waals surface area contributed by atoms with E-state index in [-0.39, 0.29) is 43.2 Å². The molecule has 0 saturated carbocycles. The van der Waals surface area contributed by atoms with Gasteiger partial charge in [-0.2, -0.15) is 13.2 Å². The maximum atomic E-state index is 12.8. The Morgan fingerprint density at radius 2 is 1.96 bits per heavy atom. The van der Waals surface area contributed by atoms with Gasteiger partial charge in [0, 0.05) is 25.6 Å². The van der Waals surface area contributed by atoms with Gasteiger partial charge in [-0.25, -0.2) is 0 Å². The van der Waals surface area contributed by atoms with Crippen LogP contribution in [-0.4, -0.2) is 57.2 Å². The van der Waals surface area contributed by atoms with Crippen molar-refractivity contribution in [2.75, 3.05) is 26.7 Å². The van der Waals surface area contributed by atoms with Crippen LogP contribution in [0, 0.1) is 11.8 Å². The van der Waals surface area contributed by atoms with Gasteiger partial charge in [0.15, 0.2) is 5.82 Å². The first-order chi connectivity index (χ1) is 10.8. The van der Waals surface area contributed by atoms with Crippen molar-refractivity contribution in [3.63, 3.8) is 0 Å². The number of likely N-dealkylation sites (tertiary alicyclic amines) is 1. The van der Waals surface area contributed by atoms with Crippen molar-refractivity contribution in [1.29, 1.82) is 0 Å². The summed E-state index contributed by atoms with van der Waals surface area (Å²) in [7, 11) is 2.03. The average Bonchev–Trinajstić information content (AvgIpc) is 2.89. The SMILES string of the molecule is CC1CN(C)CCC1C(=O)N1CCn2c(nnc2C(F)(F)F)C1. The zero-order valence-corrected chi connectivity index (χ0v) is 13.2. The third-order valence-electron chi connectivity index (χ3n) is 4.74. The molecule has 1 saturated heterocycles. The van der Waals surface area contributed by atoms with Crippen LogP contribution in [0.5, 0.6) is 0 Å². The van der Waals surface area contributed by atoms with Crippen LogP contribution >= 0.6 is 0 Å². The standard InChI is InChI=1S/C14H20F3N5O/c1-9-7-20(2)4-3-10(9)12(23)21-5-6-22-11(8-21)18-19-13(22)14(15,16)17/h9-10H,3-8H2,1-2H3. The third kappa shape index (κ3) is 3.06. The van der Waals surface area contributed by atoms with Gasteiger partial charge >= 0.3 is 6.18 Å². The lowest BCUT2D eigenvalue weighted by molar-refractivity contribution is -0.148. The monoisotopic (exact) mass is 331 g/mol. The summed E-state index contributed by atoms with van der Waals surface area (Å²) in [5.74, 6) is -0.576. The molecule has 9 heteroatoms. The molecule has 0 N–H and O–H groups in total. The molecule has 1 fully saturated rings. The van der Waals surface area contributed by atoms with E-state index < -0.39 is 12.0 Å². The second-order valence-electron chi connectivity index (χ2n) is 6.48. The summed E-state index contributed by atoms with van der Waals surface area (Å²) in [5, 5.41) is 6.87. The van der Waals surface area contributed by atoms with Crippen molar-refractivity contribution >= 4 is 5.91 Å². The zero-order chi connectivity index (χ0) is 16.8. The highest BCUT2D eigenvalue weighted by molar-refractivity contribution is 5.79. The molecule has 2 aliphatic rings. The lowest BCUT2D eigenvalue weighted by atomic mass is 9.86. The first-order valence-corrected chi connectivity index (χ1v) is 7.74. The molecule has 2 atom stereocenters. The topological polar surface area (TPSA) is 54.3 Å². The molecule has 3 heterocycles. The van der Waals surface area contributed by atoms with E-state index in [1.165, 1.54) is 0 Å². The van der Waals surface area contributed by atoms with E-state index >= 15 is 0 Å². The Labute approximate surface area is 132 Å². The number of carbonyl (C=O) groups excluding carboxylic acids is 1. The largest absolute Gasteiger partial charge is 0.451 e. The van der Waals surface area contributed by atoms with Crippen LogP contribution in [0.3, 0.4) is 0 Å². The molecule has 128 valence electrons. The predicted molar refractivity (Wildman–Crippen MR) is 75.2 cm³/mol. The number of nitrogens with zero attached hydrogens (tertiary/aromatic N) is 5. The van der Waals surface area contributed by atoms with Gasteiger partial charge in [-0.15, -0.1) is 10.2 Å². The fraction of sp³-hybridized carbons (Fsp3) is 0.786. The van der Waals surface area contributed by atoms with E-state index in [2.05, 4.69) is 15.1 Å². The molecular weight excluding hydrogens is 311 g/mol. The second kappa shape index (κ2) is 5.77. The number of halogens is 3. The number of rotatable bonds is 1. The summed E-state index contributed by atoms with van der Waals surface area (Å²) in [6, 6.07) is 0. The minimum atomic E-state index is -4.51. The smallest absolute Gasteiger partial charge is 0.333 e. The molecular formula is C14H20F3N5O. The fourth-order valence-electron chi connectivity index (χ4n) is 3.51. The van der Waals surface area contributed by atoms with E-state index in [0.29, 0.717) is 0 Å². The van der Waals surface area contributed by atoms with Crippen molar-refractivity contribution in [1.82, 2.24) is 24.6 Å². The highest BCUT2D eigenvalue weighted by Crippen LogP contribution is 2.30. The Balaban J connectivity index is 1.72. The Kier molecular flexibility index (Phi) is 4.07. The minimum absolute atomic E-state index is 0.0217. The maximum absolute atomic E-state index is 12.8. The number of fused-ring (bicyclic) bond motifs is 1. The van der Waals surface area contributed by atoms with Gasteiger partial charge in [-0.3, -0.25) is 4.79 Å². The number of aromatic nitrogens is 3. The molecule has 1 aromatic heterocycles. The molecule has 2 aliphatic heterocycles. The van der Waals surface area contributed by atoms with Crippen LogP contribution < -0.4 is 0 Å². The summed E-state index contributed by atoms with van der Waals surface area (Å²) < 4.78 is 39.6. The Hall–Kier alpha value is -1.64. The molecule has 6 nitrogen and oxygen atoms in total. The Morgan fingerprint density at radius 1 is 1.22 bits per heavy atom. The normalized spacial score (nSPS) is 26.2. The highest BCUT2D eigenvalue weighted by atomic mass is 19.4. The van der Waals surface area contributed by atoms with Gasteiger partial charge in [0.05, 0.1) is 6.54 Å². The molecule has 0 bridgehead atoms. The zero-order valence-electron chi connectivity index (χ0n) is 13.2. The van der Waals surface area contributed by atoms with Crippen LogP contribution in [0.1, 0.15) is 25.0 Å². The fourth-order valence-corrected chi connectivity index (χ4v) is 3.51. The van der Waals surface area contributed by atoms with Crippen molar-refractivity contribution in [2.45, 2.75) is 32.6 Å². The van der Waals surface area contributed by atoms with Crippen LogP contribution in [0.4, 0.5) is 13.2 Å². The number of hydrogen-bond acceptors (Lipinski definition) is 4. The molecule has 1 amide bonds. The predicted octanol–water partition coefficient (Wildman–Crippen LogP) is 1.23. The highest BCUT2D eigenvalue weighted by Gasteiger charge is 2.41. The van der Waals surface area contributed by atoms with E-state index in [4.69, 9.17) is 0 Å². The molecule has 0 aromatic carbocycles. The summed E-state index contributed by atoms with van der Waals surface area (Å²) >= 11 is 0. The van der Waals surface area contributed by atoms with E-state index in [9.17, 15) is 18.0 Å². The molecule has 23 heavy (non-hydrogen) atoms.